The van der Waals surface area contributed by atoms with Crippen molar-refractivity contribution in [3.05, 3.63) is 47.8 Å². The fourth-order valence-electron chi connectivity index (χ4n) is 2.99. The van der Waals surface area contributed by atoms with Crippen molar-refractivity contribution in [2.75, 3.05) is 38.1 Å². The zero-order valence-electron chi connectivity index (χ0n) is 15.7. The first-order chi connectivity index (χ1) is 13.1. The Hall–Kier alpha value is -1.37. The molecule has 2 heterocycles. The Bertz CT molecular complexity index is 844. The van der Waals surface area contributed by atoms with Crippen LogP contribution in [-0.2, 0) is 10.0 Å². The summed E-state index contributed by atoms with van der Waals surface area (Å²) in [5, 5.41) is 8.33. The van der Waals surface area contributed by atoms with Gasteiger partial charge in [-0.3, -0.25) is 4.99 Å². The zero-order valence-corrected chi connectivity index (χ0v) is 19.6. The lowest BCUT2D eigenvalue weighted by Crippen LogP contribution is -2.46. The van der Waals surface area contributed by atoms with E-state index in [4.69, 9.17) is 0 Å². The van der Waals surface area contributed by atoms with Gasteiger partial charge in [0.1, 0.15) is 4.21 Å². The molecular formula is C18H26IN5O2S2. The van der Waals surface area contributed by atoms with E-state index in [2.05, 4.69) is 37.4 Å². The average Bonchev–Trinajstić information content (AvgIpc) is 3.37. The van der Waals surface area contributed by atoms with Crippen molar-refractivity contribution in [1.82, 2.24) is 15.4 Å². The number of sulfonamides is 1. The van der Waals surface area contributed by atoms with Crippen molar-refractivity contribution in [3.8, 4) is 0 Å². The zero-order chi connectivity index (χ0) is 19.1. The summed E-state index contributed by atoms with van der Waals surface area (Å²) in [6.07, 6.45) is 1.03. The van der Waals surface area contributed by atoms with Gasteiger partial charge in [-0.25, -0.2) is 13.1 Å². The standard InChI is InChI=1S/C18H25N5O2S2.HI/c1-19-18(20-10-11-21-27(24,25)17-8-5-13-26-17)22-15-9-12-23(14-15)16-6-3-2-4-7-16;/h2-8,13,15,21H,9-12,14H2,1H3,(H2,19,20,22);1H. The molecule has 7 nitrogen and oxygen atoms in total. The van der Waals surface area contributed by atoms with E-state index in [1.807, 2.05) is 18.2 Å². The number of anilines is 1. The molecule has 1 unspecified atom stereocenters. The van der Waals surface area contributed by atoms with Crippen LogP contribution in [0.25, 0.3) is 0 Å². The van der Waals surface area contributed by atoms with E-state index in [9.17, 15) is 8.42 Å². The summed E-state index contributed by atoms with van der Waals surface area (Å²) in [6.45, 7) is 2.66. The molecule has 1 aromatic heterocycles. The minimum Gasteiger partial charge on any atom is -0.369 e. The lowest BCUT2D eigenvalue weighted by atomic mass is 10.3. The second-order valence-electron chi connectivity index (χ2n) is 6.24. The summed E-state index contributed by atoms with van der Waals surface area (Å²) < 4.78 is 27.1. The maximum Gasteiger partial charge on any atom is 0.250 e. The van der Waals surface area contributed by atoms with Crippen LogP contribution >= 0.6 is 35.3 Å². The van der Waals surface area contributed by atoms with E-state index in [1.54, 1.807) is 24.6 Å². The van der Waals surface area contributed by atoms with Crippen LogP contribution in [0.2, 0.25) is 0 Å². The summed E-state index contributed by atoms with van der Waals surface area (Å²) >= 11 is 1.21. The van der Waals surface area contributed by atoms with Gasteiger partial charge in [0.25, 0.3) is 0 Å². The van der Waals surface area contributed by atoms with Gasteiger partial charge < -0.3 is 15.5 Å². The number of benzene rings is 1. The highest BCUT2D eigenvalue weighted by atomic mass is 127. The molecule has 1 fully saturated rings. The summed E-state index contributed by atoms with van der Waals surface area (Å²) in [5.41, 5.74) is 1.23. The van der Waals surface area contributed by atoms with E-state index in [-0.39, 0.29) is 24.0 Å². The Kier molecular flexibility index (Phi) is 8.99. The van der Waals surface area contributed by atoms with Crippen molar-refractivity contribution in [1.29, 1.82) is 0 Å². The Morgan fingerprint density at radius 1 is 1.21 bits per heavy atom. The van der Waals surface area contributed by atoms with E-state index in [1.165, 1.54) is 17.0 Å². The van der Waals surface area contributed by atoms with Crippen LogP contribution < -0.4 is 20.3 Å². The highest BCUT2D eigenvalue weighted by Gasteiger charge is 2.23. The van der Waals surface area contributed by atoms with Gasteiger partial charge in [-0.1, -0.05) is 24.3 Å². The third-order valence-electron chi connectivity index (χ3n) is 4.34. The van der Waals surface area contributed by atoms with Crippen LogP contribution in [0.4, 0.5) is 5.69 Å². The van der Waals surface area contributed by atoms with Crippen molar-refractivity contribution < 1.29 is 8.42 Å². The third-order valence-corrected chi connectivity index (χ3v) is 7.20. The highest BCUT2D eigenvalue weighted by molar-refractivity contribution is 14.0. The summed E-state index contributed by atoms with van der Waals surface area (Å²) in [4.78, 5) is 6.58. The molecule has 28 heavy (non-hydrogen) atoms. The van der Waals surface area contributed by atoms with E-state index >= 15 is 0 Å². The average molecular weight is 535 g/mol. The molecule has 0 saturated carbocycles. The SMILES string of the molecule is CN=C(NCCNS(=O)(=O)c1cccs1)NC1CCN(c2ccccc2)C1.I. The maximum atomic E-state index is 12.1. The number of para-hydroxylation sites is 1. The molecule has 154 valence electrons. The predicted octanol–water partition coefficient (Wildman–Crippen LogP) is 2.09. The highest BCUT2D eigenvalue weighted by Crippen LogP contribution is 2.19. The maximum absolute atomic E-state index is 12.1. The quantitative estimate of drug-likeness (QED) is 0.219. The van der Waals surface area contributed by atoms with Crippen molar-refractivity contribution in [2.24, 2.45) is 4.99 Å². The first-order valence-corrected chi connectivity index (χ1v) is 11.2. The largest absolute Gasteiger partial charge is 0.369 e. The van der Waals surface area contributed by atoms with Crippen LogP contribution in [0, 0.1) is 0 Å². The summed E-state index contributed by atoms with van der Waals surface area (Å²) in [5.74, 6) is 0.685. The number of halogens is 1. The minimum absolute atomic E-state index is 0. The summed E-state index contributed by atoms with van der Waals surface area (Å²) in [6, 6.07) is 14.0. The Labute approximate surface area is 187 Å². The number of thiophene rings is 1. The monoisotopic (exact) mass is 535 g/mol. The van der Waals surface area contributed by atoms with Gasteiger partial charge in [-0.15, -0.1) is 35.3 Å². The van der Waals surface area contributed by atoms with Crippen LogP contribution in [0.5, 0.6) is 0 Å². The number of guanidine groups is 1. The fraction of sp³-hybridized carbons (Fsp3) is 0.389. The lowest BCUT2D eigenvalue weighted by molar-refractivity contribution is 0.582. The van der Waals surface area contributed by atoms with Gasteiger partial charge in [0, 0.05) is 45.0 Å². The van der Waals surface area contributed by atoms with Crippen molar-refractivity contribution in [3.63, 3.8) is 0 Å². The minimum atomic E-state index is -3.42. The smallest absolute Gasteiger partial charge is 0.250 e. The Balaban J connectivity index is 0.00000280. The van der Waals surface area contributed by atoms with Crippen LogP contribution in [0.15, 0.2) is 57.0 Å². The molecule has 0 bridgehead atoms. The first-order valence-electron chi connectivity index (χ1n) is 8.89. The molecule has 0 aliphatic carbocycles. The molecule has 0 spiro atoms. The Morgan fingerprint density at radius 2 is 2.00 bits per heavy atom. The van der Waals surface area contributed by atoms with Gasteiger partial charge in [0.05, 0.1) is 0 Å². The Morgan fingerprint density at radius 3 is 2.68 bits per heavy atom. The topological polar surface area (TPSA) is 85.8 Å². The van der Waals surface area contributed by atoms with Gasteiger partial charge in [0.15, 0.2) is 5.96 Å². The predicted molar refractivity (Wildman–Crippen MR) is 126 cm³/mol. The van der Waals surface area contributed by atoms with Gasteiger partial charge >= 0.3 is 0 Å². The van der Waals surface area contributed by atoms with Crippen LogP contribution in [0.3, 0.4) is 0 Å². The molecule has 1 aromatic carbocycles. The van der Waals surface area contributed by atoms with E-state index in [0.29, 0.717) is 29.3 Å². The molecule has 0 radical (unpaired) electrons. The number of aliphatic imine (C=N–C) groups is 1. The number of hydrogen-bond acceptors (Lipinski definition) is 5. The second kappa shape index (κ2) is 11.0. The molecule has 0 amide bonds. The van der Waals surface area contributed by atoms with Crippen LogP contribution in [-0.4, -0.2) is 53.6 Å². The van der Waals surface area contributed by atoms with Gasteiger partial charge in [0.2, 0.25) is 10.0 Å². The molecule has 1 atom stereocenters. The third kappa shape index (κ3) is 6.33. The van der Waals surface area contributed by atoms with Crippen molar-refractivity contribution in [2.45, 2.75) is 16.7 Å². The van der Waals surface area contributed by atoms with Gasteiger partial charge in [-0.05, 0) is 30.0 Å². The van der Waals surface area contributed by atoms with Crippen molar-refractivity contribution >= 4 is 57.0 Å². The normalized spacial score (nSPS) is 17.2. The first kappa shape index (κ1) is 22.9. The molecule has 1 saturated heterocycles. The van der Waals surface area contributed by atoms with E-state index < -0.39 is 10.0 Å². The molecular weight excluding hydrogens is 509 g/mol. The number of nitrogens with zero attached hydrogens (tertiary/aromatic N) is 2. The number of rotatable bonds is 7. The van der Waals surface area contributed by atoms with E-state index in [0.717, 1.165) is 19.5 Å². The van der Waals surface area contributed by atoms with Gasteiger partial charge in [-0.2, -0.15) is 0 Å². The molecule has 2 aromatic rings. The number of nitrogens with one attached hydrogen (secondary N) is 3. The number of hydrogen-bond donors (Lipinski definition) is 3. The second-order valence-corrected chi connectivity index (χ2v) is 9.18. The molecule has 3 N–H and O–H groups in total. The molecule has 1 aliphatic rings. The molecule has 1 aliphatic heterocycles. The molecule has 10 heteroatoms. The van der Waals surface area contributed by atoms with Crippen LogP contribution in [0.1, 0.15) is 6.42 Å². The lowest BCUT2D eigenvalue weighted by Gasteiger charge is -2.20. The molecule has 3 rings (SSSR count). The fourth-order valence-corrected chi connectivity index (χ4v) is 5.06. The summed E-state index contributed by atoms with van der Waals surface area (Å²) in [7, 11) is -1.70.